The van der Waals surface area contributed by atoms with E-state index in [1.165, 1.54) is 51.4 Å². The van der Waals surface area contributed by atoms with Crippen molar-refractivity contribution in [1.82, 2.24) is 0 Å². The van der Waals surface area contributed by atoms with Gasteiger partial charge in [-0.2, -0.15) is 11.8 Å². The average Bonchev–Trinajstić information content (AvgIpc) is 2.25. The van der Waals surface area contributed by atoms with Crippen molar-refractivity contribution in [3.05, 3.63) is 0 Å². The summed E-state index contributed by atoms with van der Waals surface area (Å²) < 4.78 is 0. The van der Waals surface area contributed by atoms with Gasteiger partial charge in [0.2, 0.25) is 0 Å². The van der Waals surface area contributed by atoms with Crippen molar-refractivity contribution in [3.8, 4) is 0 Å². The number of thioether (sulfide) groups is 1. The highest BCUT2D eigenvalue weighted by Gasteiger charge is 2.25. The van der Waals surface area contributed by atoms with E-state index < -0.39 is 0 Å². The molecule has 0 aromatic heterocycles. The molecule has 0 unspecified atom stereocenters. The Morgan fingerprint density at radius 3 is 1.27 bits per heavy atom. The van der Waals surface area contributed by atoms with Crippen molar-refractivity contribution in [2.75, 3.05) is 0 Å². The topological polar surface area (TPSA) is 52.0 Å². The normalized spacial score (nSPS) is 42.8. The van der Waals surface area contributed by atoms with Crippen LogP contribution in [0.5, 0.6) is 0 Å². The van der Waals surface area contributed by atoms with Gasteiger partial charge in [0.25, 0.3) is 0 Å². The lowest BCUT2D eigenvalue weighted by Crippen LogP contribution is -2.31. The maximum atomic E-state index is 5.92. The molecule has 0 atom stereocenters. The van der Waals surface area contributed by atoms with Crippen LogP contribution in [-0.4, -0.2) is 22.6 Å². The Hall–Kier alpha value is 0.270. The molecule has 2 aliphatic carbocycles. The zero-order valence-electron chi connectivity index (χ0n) is 9.53. The summed E-state index contributed by atoms with van der Waals surface area (Å²) in [6.07, 6.45) is 10.3. The molecule has 0 spiro atoms. The highest BCUT2D eigenvalue weighted by molar-refractivity contribution is 8.00. The fourth-order valence-electron chi connectivity index (χ4n) is 2.72. The van der Waals surface area contributed by atoms with E-state index in [4.69, 9.17) is 11.5 Å². The first-order valence-corrected chi connectivity index (χ1v) is 7.35. The van der Waals surface area contributed by atoms with Gasteiger partial charge in [-0.1, -0.05) is 0 Å². The van der Waals surface area contributed by atoms with Crippen LogP contribution < -0.4 is 11.5 Å². The third-order valence-corrected chi connectivity index (χ3v) is 5.54. The number of rotatable bonds is 2. The van der Waals surface area contributed by atoms with Crippen LogP contribution in [0.2, 0.25) is 0 Å². The van der Waals surface area contributed by atoms with Gasteiger partial charge >= 0.3 is 0 Å². The van der Waals surface area contributed by atoms with Gasteiger partial charge in [0, 0.05) is 22.6 Å². The van der Waals surface area contributed by atoms with E-state index in [1.54, 1.807) is 0 Å². The minimum atomic E-state index is 0.488. The summed E-state index contributed by atoms with van der Waals surface area (Å²) in [7, 11) is 0. The Kier molecular flexibility index (Phi) is 4.35. The lowest BCUT2D eigenvalue weighted by atomic mass is 9.95. The predicted molar refractivity (Wildman–Crippen MR) is 68.1 cm³/mol. The fourth-order valence-corrected chi connectivity index (χ4v) is 4.35. The Labute approximate surface area is 97.5 Å². The van der Waals surface area contributed by atoms with Crippen molar-refractivity contribution in [2.24, 2.45) is 11.5 Å². The first kappa shape index (κ1) is 11.7. The van der Waals surface area contributed by atoms with E-state index in [0.717, 1.165) is 10.5 Å². The zero-order valence-corrected chi connectivity index (χ0v) is 10.3. The summed E-state index contributed by atoms with van der Waals surface area (Å²) in [4.78, 5) is 0. The number of hydrogen-bond acceptors (Lipinski definition) is 3. The van der Waals surface area contributed by atoms with Gasteiger partial charge in [-0.3, -0.25) is 0 Å². The molecule has 0 aliphatic heterocycles. The predicted octanol–water partition coefficient (Wildman–Crippen LogP) is 2.26. The number of nitrogens with two attached hydrogens (primary N) is 2. The Morgan fingerprint density at radius 1 is 0.600 bits per heavy atom. The van der Waals surface area contributed by atoms with Gasteiger partial charge in [0.15, 0.2) is 0 Å². The largest absolute Gasteiger partial charge is 0.328 e. The van der Waals surface area contributed by atoms with Crippen molar-refractivity contribution in [3.63, 3.8) is 0 Å². The summed E-state index contributed by atoms with van der Waals surface area (Å²) in [6, 6.07) is 0.975. The summed E-state index contributed by atoms with van der Waals surface area (Å²) >= 11 is 2.23. The van der Waals surface area contributed by atoms with Crippen molar-refractivity contribution in [1.29, 1.82) is 0 Å². The van der Waals surface area contributed by atoms with Crippen LogP contribution >= 0.6 is 11.8 Å². The molecule has 2 fully saturated rings. The van der Waals surface area contributed by atoms with Crippen LogP contribution in [0.15, 0.2) is 0 Å². The Morgan fingerprint density at radius 2 is 0.933 bits per heavy atom. The first-order valence-electron chi connectivity index (χ1n) is 6.40. The van der Waals surface area contributed by atoms with E-state index in [0.29, 0.717) is 12.1 Å². The van der Waals surface area contributed by atoms with Crippen LogP contribution in [0.4, 0.5) is 0 Å². The molecular weight excluding hydrogens is 204 g/mol. The van der Waals surface area contributed by atoms with E-state index in [1.807, 2.05) is 0 Å². The second-order valence-electron chi connectivity index (χ2n) is 5.21. The minimum Gasteiger partial charge on any atom is -0.328 e. The summed E-state index contributed by atoms with van der Waals surface area (Å²) in [5.41, 5.74) is 11.8. The van der Waals surface area contributed by atoms with E-state index in [2.05, 4.69) is 11.8 Å². The smallest absolute Gasteiger partial charge is 0.00509 e. The fraction of sp³-hybridized carbons (Fsp3) is 1.00. The quantitative estimate of drug-likeness (QED) is 0.762. The molecular formula is C12H24N2S. The second-order valence-corrected chi connectivity index (χ2v) is 6.82. The van der Waals surface area contributed by atoms with E-state index >= 15 is 0 Å². The molecule has 0 saturated heterocycles. The van der Waals surface area contributed by atoms with E-state index in [9.17, 15) is 0 Å². The molecule has 2 saturated carbocycles. The van der Waals surface area contributed by atoms with Gasteiger partial charge < -0.3 is 11.5 Å². The molecule has 0 aromatic carbocycles. The monoisotopic (exact) mass is 228 g/mol. The van der Waals surface area contributed by atoms with Crippen molar-refractivity contribution < 1.29 is 0 Å². The Bertz CT molecular complexity index is 162. The molecule has 2 rings (SSSR count). The third-order valence-electron chi connectivity index (χ3n) is 3.82. The molecule has 2 aliphatic rings. The highest BCUT2D eigenvalue weighted by atomic mass is 32.2. The lowest BCUT2D eigenvalue weighted by Gasteiger charge is -2.32. The summed E-state index contributed by atoms with van der Waals surface area (Å²) in [5.74, 6) is 0. The molecule has 0 radical (unpaired) electrons. The maximum Gasteiger partial charge on any atom is 0.00509 e. The lowest BCUT2D eigenvalue weighted by molar-refractivity contribution is 0.435. The molecule has 0 bridgehead atoms. The molecule has 2 nitrogen and oxygen atoms in total. The maximum absolute atomic E-state index is 5.92. The van der Waals surface area contributed by atoms with Gasteiger partial charge in [0.1, 0.15) is 0 Å². The highest BCUT2D eigenvalue weighted by Crippen LogP contribution is 2.36. The standard InChI is InChI=1S/C12H24N2S/c13-9-1-5-11(6-2-9)15-12-7-3-10(14)4-8-12/h9-12H,1-8,13-14H2. The van der Waals surface area contributed by atoms with Crippen LogP contribution in [0.3, 0.4) is 0 Å². The molecule has 4 N–H and O–H groups in total. The Balaban J connectivity index is 1.68. The van der Waals surface area contributed by atoms with Crippen LogP contribution in [-0.2, 0) is 0 Å². The van der Waals surface area contributed by atoms with Gasteiger partial charge in [0.05, 0.1) is 0 Å². The minimum absolute atomic E-state index is 0.488. The third kappa shape index (κ3) is 3.65. The molecule has 0 heterocycles. The van der Waals surface area contributed by atoms with E-state index in [-0.39, 0.29) is 0 Å². The van der Waals surface area contributed by atoms with Crippen LogP contribution in [0.1, 0.15) is 51.4 Å². The molecule has 0 amide bonds. The average molecular weight is 228 g/mol. The summed E-state index contributed by atoms with van der Waals surface area (Å²) in [5, 5.41) is 1.79. The van der Waals surface area contributed by atoms with Gasteiger partial charge in [-0.15, -0.1) is 0 Å². The molecule has 88 valence electrons. The molecule has 15 heavy (non-hydrogen) atoms. The summed E-state index contributed by atoms with van der Waals surface area (Å²) in [6.45, 7) is 0. The second kappa shape index (κ2) is 5.55. The van der Waals surface area contributed by atoms with Crippen molar-refractivity contribution >= 4 is 11.8 Å². The number of hydrogen-bond donors (Lipinski definition) is 2. The zero-order chi connectivity index (χ0) is 10.7. The van der Waals surface area contributed by atoms with Gasteiger partial charge in [-0.25, -0.2) is 0 Å². The molecule has 0 aromatic rings. The van der Waals surface area contributed by atoms with Crippen LogP contribution in [0, 0.1) is 0 Å². The molecule has 3 heteroatoms. The van der Waals surface area contributed by atoms with Gasteiger partial charge in [-0.05, 0) is 51.4 Å². The van der Waals surface area contributed by atoms with Crippen molar-refractivity contribution in [2.45, 2.75) is 74.0 Å². The van der Waals surface area contributed by atoms with Crippen LogP contribution in [0.25, 0.3) is 0 Å². The SMILES string of the molecule is NC1CCC(SC2CCC(N)CC2)CC1. The first-order chi connectivity index (χ1) is 7.24.